The molecule has 21 heavy (non-hydrogen) atoms. The fourth-order valence-corrected chi connectivity index (χ4v) is 2.35. The van der Waals surface area contributed by atoms with E-state index >= 15 is 0 Å². The number of aromatic nitrogens is 2. The third-order valence-corrected chi connectivity index (χ3v) is 3.67. The smallest absolute Gasteiger partial charge is 0.0986 e. The maximum atomic E-state index is 4.12. The lowest BCUT2D eigenvalue weighted by atomic mass is 9.81. The molecule has 2 rings (SSSR count). The van der Waals surface area contributed by atoms with Crippen LogP contribution in [0.3, 0.4) is 0 Å². The van der Waals surface area contributed by atoms with Gasteiger partial charge in [-0.3, -0.25) is 0 Å². The largest absolute Gasteiger partial charge is 0.313 e. The number of allylic oxidation sites excluding steroid dienone is 1. The SMILES string of the molecule is CC(C)(C)/C(=C\n1ccnc1)c1ccc(C(C)(C)C)cc1. The Bertz CT molecular complexity index is 603. The molecule has 0 amide bonds. The van der Waals surface area contributed by atoms with Gasteiger partial charge < -0.3 is 4.57 Å². The summed E-state index contributed by atoms with van der Waals surface area (Å²) in [7, 11) is 0. The molecular formula is C19H26N2. The highest BCUT2D eigenvalue weighted by Gasteiger charge is 2.20. The molecule has 1 aromatic heterocycles. The molecule has 0 saturated carbocycles. The van der Waals surface area contributed by atoms with E-state index in [9.17, 15) is 0 Å². The summed E-state index contributed by atoms with van der Waals surface area (Å²) in [6.45, 7) is 13.5. The lowest BCUT2D eigenvalue weighted by molar-refractivity contribution is 0.567. The molecule has 2 heteroatoms. The maximum absolute atomic E-state index is 4.12. The van der Waals surface area contributed by atoms with Crippen molar-refractivity contribution < 1.29 is 0 Å². The van der Waals surface area contributed by atoms with E-state index in [4.69, 9.17) is 0 Å². The van der Waals surface area contributed by atoms with Crippen LogP contribution in [0.2, 0.25) is 0 Å². The topological polar surface area (TPSA) is 17.8 Å². The number of nitrogens with zero attached hydrogens (tertiary/aromatic N) is 2. The monoisotopic (exact) mass is 282 g/mol. The van der Waals surface area contributed by atoms with Gasteiger partial charge in [0.15, 0.2) is 0 Å². The van der Waals surface area contributed by atoms with E-state index in [1.54, 1.807) is 6.20 Å². The fraction of sp³-hybridized carbons (Fsp3) is 0.421. The zero-order valence-corrected chi connectivity index (χ0v) is 14.0. The minimum absolute atomic E-state index is 0.0769. The molecular weight excluding hydrogens is 256 g/mol. The first-order valence-corrected chi connectivity index (χ1v) is 7.48. The van der Waals surface area contributed by atoms with Crippen LogP contribution in [-0.4, -0.2) is 9.55 Å². The molecule has 0 aliphatic rings. The number of hydrogen-bond acceptors (Lipinski definition) is 1. The number of rotatable bonds is 2. The molecule has 0 bridgehead atoms. The molecule has 0 unspecified atom stereocenters. The molecule has 0 spiro atoms. The molecule has 0 saturated heterocycles. The van der Waals surface area contributed by atoms with Gasteiger partial charge in [0.05, 0.1) is 6.33 Å². The van der Waals surface area contributed by atoms with E-state index in [-0.39, 0.29) is 10.8 Å². The number of hydrogen-bond donors (Lipinski definition) is 0. The molecule has 0 aliphatic heterocycles. The average Bonchev–Trinajstić information content (AvgIpc) is 2.86. The van der Waals surface area contributed by atoms with Crippen molar-refractivity contribution in [2.75, 3.05) is 0 Å². The van der Waals surface area contributed by atoms with Gasteiger partial charge in [0, 0.05) is 18.6 Å². The number of imidazole rings is 1. The van der Waals surface area contributed by atoms with Gasteiger partial charge in [0.2, 0.25) is 0 Å². The van der Waals surface area contributed by atoms with E-state index < -0.39 is 0 Å². The van der Waals surface area contributed by atoms with Crippen molar-refractivity contribution in [3.05, 3.63) is 54.1 Å². The highest BCUT2D eigenvalue weighted by Crippen LogP contribution is 2.35. The maximum Gasteiger partial charge on any atom is 0.0986 e. The summed E-state index contributed by atoms with van der Waals surface area (Å²) in [5, 5.41) is 0. The van der Waals surface area contributed by atoms with Crippen LogP contribution in [0, 0.1) is 5.41 Å². The highest BCUT2D eigenvalue weighted by molar-refractivity contribution is 5.78. The van der Waals surface area contributed by atoms with Gasteiger partial charge in [-0.15, -0.1) is 0 Å². The Hall–Kier alpha value is -1.83. The molecule has 0 atom stereocenters. The Balaban J connectivity index is 2.44. The predicted octanol–water partition coefficient (Wildman–Crippen LogP) is 5.22. The van der Waals surface area contributed by atoms with Crippen molar-refractivity contribution in [2.24, 2.45) is 5.41 Å². The van der Waals surface area contributed by atoms with E-state index in [1.807, 2.05) is 17.1 Å². The summed E-state index contributed by atoms with van der Waals surface area (Å²) in [6, 6.07) is 8.94. The van der Waals surface area contributed by atoms with Crippen molar-refractivity contribution >= 4 is 11.8 Å². The van der Waals surface area contributed by atoms with E-state index in [0.717, 1.165) is 0 Å². The third-order valence-electron chi connectivity index (χ3n) is 3.67. The molecule has 2 nitrogen and oxygen atoms in total. The Morgan fingerprint density at radius 2 is 1.62 bits per heavy atom. The summed E-state index contributed by atoms with van der Waals surface area (Å²) >= 11 is 0. The molecule has 112 valence electrons. The number of benzene rings is 1. The van der Waals surface area contributed by atoms with Gasteiger partial charge in [-0.2, -0.15) is 0 Å². The van der Waals surface area contributed by atoms with Gasteiger partial charge >= 0.3 is 0 Å². The predicted molar refractivity (Wildman–Crippen MR) is 91.0 cm³/mol. The Morgan fingerprint density at radius 3 is 2.05 bits per heavy atom. The van der Waals surface area contributed by atoms with Gasteiger partial charge in [0.25, 0.3) is 0 Å². The van der Waals surface area contributed by atoms with Gasteiger partial charge in [0.1, 0.15) is 0 Å². The second-order valence-corrected chi connectivity index (χ2v) is 7.63. The van der Waals surface area contributed by atoms with Crippen LogP contribution < -0.4 is 0 Å². The fourth-order valence-electron chi connectivity index (χ4n) is 2.35. The van der Waals surface area contributed by atoms with Crippen molar-refractivity contribution in [2.45, 2.75) is 47.0 Å². The Labute approximate surface area is 128 Å². The zero-order chi connectivity index (χ0) is 15.7. The van der Waals surface area contributed by atoms with E-state index in [1.165, 1.54) is 16.7 Å². The lowest BCUT2D eigenvalue weighted by Gasteiger charge is -2.25. The minimum Gasteiger partial charge on any atom is -0.313 e. The molecule has 0 aliphatic carbocycles. The minimum atomic E-state index is 0.0769. The van der Waals surface area contributed by atoms with Crippen LogP contribution in [0.25, 0.3) is 11.8 Å². The van der Waals surface area contributed by atoms with Crippen LogP contribution in [-0.2, 0) is 5.41 Å². The summed E-state index contributed by atoms with van der Waals surface area (Å²) in [5.74, 6) is 0. The van der Waals surface area contributed by atoms with Crippen molar-refractivity contribution in [3.63, 3.8) is 0 Å². The summed E-state index contributed by atoms with van der Waals surface area (Å²) < 4.78 is 2.01. The van der Waals surface area contributed by atoms with Gasteiger partial charge in [-0.1, -0.05) is 65.8 Å². The molecule has 1 heterocycles. The first-order valence-electron chi connectivity index (χ1n) is 7.48. The third kappa shape index (κ3) is 3.84. The van der Waals surface area contributed by atoms with E-state index in [2.05, 4.69) is 77.0 Å². The lowest BCUT2D eigenvalue weighted by Crippen LogP contribution is -2.12. The molecule has 0 radical (unpaired) electrons. The summed E-state index contributed by atoms with van der Waals surface area (Å²) in [6.07, 6.45) is 7.77. The Morgan fingerprint density at radius 1 is 1.00 bits per heavy atom. The molecule has 0 N–H and O–H groups in total. The molecule has 2 aromatic rings. The molecule has 0 fully saturated rings. The van der Waals surface area contributed by atoms with Crippen LogP contribution in [0.5, 0.6) is 0 Å². The van der Waals surface area contributed by atoms with Gasteiger partial charge in [-0.25, -0.2) is 4.98 Å². The van der Waals surface area contributed by atoms with Crippen LogP contribution >= 0.6 is 0 Å². The van der Waals surface area contributed by atoms with Crippen LogP contribution in [0.4, 0.5) is 0 Å². The summed E-state index contributed by atoms with van der Waals surface area (Å²) in [4.78, 5) is 4.12. The zero-order valence-electron chi connectivity index (χ0n) is 14.0. The average molecular weight is 282 g/mol. The highest BCUT2D eigenvalue weighted by atomic mass is 15.0. The van der Waals surface area contributed by atoms with Crippen LogP contribution in [0.15, 0.2) is 43.0 Å². The molecule has 1 aromatic carbocycles. The first kappa shape index (κ1) is 15.6. The quantitative estimate of drug-likeness (QED) is 0.738. The second-order valence-electron chi connectivity index (χ2n) is 7.63. The normalized spacial score (nSPS) is 13.5. The van der Waals surface area contributed by atoms with Crippen molar-refractivity contribution in [3.8, 4) is 0 Å². The Kier molecular flexibility index (Phi) is 4.08. The van der Waals surface area contributed by atoms with Gasteiger partial charge in [-0.05, 0) is 27.5 Å². The van der Waals surface area contributed by atoms with Crippen molar-refractivity contribution in [1.82, 2.24) is 9.55 Å². The van der Waals surface area contributed by atoms with Crippen molar-refractivity contribution in [1.29, 1.82) is 0 Å². The second kappa shape index (κ2) is 5.51. The standard InChI is InChI=1S/C19H26N2/c1-18(2,3)16-9-7-15(8-10-16)17(19(4,5)6)13-21-12-11-20-14-21/h7-14H,1-6H3/b17-13-. The summed E-state index contributed by atoms with van der Waals surface area (Å²) in [5.41, 5.74) is 4.20. The first-order chi connectivity index (χ1) is 9.68. The van der Waals surface area contributed by atoms with Crippen LogP contribution in [0.1, 0.15) is 52.7 Å². The van der Waals surface area contributed by atoms with E-state index in [0.29, 0.717) is 0 Å².